The number of aryl methyl sites for hydroxylation is 1. The molecule has 218 valence electrons. The second kappa shape index (κ2) is 11.7. The van der Waals surface area contributed by atoms with Crippen molar-refractivity contribution in [2.24, 2.45) is 0 Å². The summed E-state index contributed by atoms with van der Waals surface area (Å²) in [5.41, 5.74) is 0.395. The summed E-state index contributed by atoms with van der Waals surface area (Å²) in [4.78, 5) is 34.4. The van der Waals surface area contributed by atoms with Gasteiger partial charge < -0.3 is 9.63 Å². The van der Waals surface area contributed by atoms with Gasteiger partial charge in [-0.25, -0.2) is 19.1 Å². The van der Waals surface area contributed by atoms with E-state index in [0.29, 0.717) is 34.1 Å². The van der Waals surface area contributed by atoms with E-state index < -0.39 is 24.5 Å². The van der Waals surface area contributed by atoms with Crippen molar-refractivity contribution in [1.82, 2.24) is 39.3 Å². The van der Waals surface area contributed by atoms with Gasteiger partial charge in [0.1, 0.15) is 24.3 Å². The normalized spacial score (nSPS) is 12.5. The van der Waals surface area contributed by atoms with Crippen LogP contribution in [0.2, 0.25) is 5.02 Å². The zero-order valence-electron chi connectivity index (χ0n) is 21.9. The molecule has 16 heteroatoms. The molecule has 4 aromatic heterocycles. The smallest absolute Gasteiger partial charge is 0.382 e. The number of nitrogens with zero attached hydrogens (tertiary/aromatic N) is 8. The maximum Gasteiger partial charge on any atom is 0.416 e. The van der Waals surface area contributed by atoms with E-state index in [4.69, 9.17) is 16.1 Å². The van der Waals surface area contributed by atoms with Crippen molar-refractivity contribution < 1.29 is 27.6 Å². The fourth-order valence-corrected chi connectivity index (χ4v) is 4.17. The molecule has 0 aliphatic rings. The van der Waals surface area contributed by atoms with Gasteiger partial charge in [0.05, 0.1) is 24.3 Å². The number of alkyl halides is 3. The van der Waals surface area contributed by atoms with Crippen molar-refractivity contribution in [2.75, 3.05) is 0 Å². The molecule has 1 N–H and O–H groups in total. The summed E-state index contributed by atoms with van der Waals surface area (Å²) in [5.74, 6) is 0.259. The van der Waals surface area contributed by atoms with Crippen molar-refractivity contribution in [3.63, 3.8) is 0 Å². The Morgan fingerprint density at radius 1 is 1.14 bits per heavy atom. The van der Waals surface area contributed by atoms with Crippen molar-refractivity contribution >= 4 is 17.4 Å². The third-order valence-electron chi connectivity index (χ3n) is 6.22. The van der Waals surface area contributed by atoms with Crippen LogP contribution < -0.4 is 5.69 Å². The first kappa shape index (κ1) is 28.9. The van der Waals surface area contributed by atoms with E-state index in [2.05, 4.69) is 25.3 Å². The van der Waals surface area contributed by atoms with Crippen molar-refractivity contribution in [3.8, 4) is 17.1 Å². The van der Waals surface area contributed by atoms with E-state index in [1.54, 1.807) is 18.2 Å². The first-order valence-corrected chi connectivity index (χ1v) is 12.9. The number of ketones is 1. The summed E-state index contributed by atoms with van der Waals surface area (Å²) < 4.78 is 47.5. The van der Waals surface area contributed by atoms with Crippen LogP contribution in [-0.4, -0.2) is 62.4 Å². The van der Waals surface area contributed by atoms with Gasteiger partial charge in [-0.2, -0.15) is 13.2 Å². The minimum Gasteiger partial charge on any atom is -0.382 e. The molecule has 0 unspecified atom stereocenters. The zero-order valence-corrected chi connectivity index (χ0v) is 22.6. The molecule has 5 rings (SSSR count). The molecule has 0 fully saturated rings. The van der Waals surface area contributed by atoms with Gasteiger partial charge in [0.15, 0.2) is 23.5 Å². The van der Waals surface area contributed by atoms with Crippen LogP contribution in [0.1, 0.15) is 34.7 Å². The molecule has 0 radical (unpaired) electrons. The Morgan fingerprint density at radius 3 is 2.60 bits per heavy atom. The molecule has 1 atom stereocenters. The van der Waals surface area contributed by atoms with Gasteiger partial charge >= 0.3 is 11.9 Å². The van der Waals surface area contributed by atoms with Gasteiger partial charge in [-0.1, -0.05) is 23.7 Å². The Kier molecular flexibility index (Phi) is 8.04. The number of carbonyl (C=O) groups is 1. The highest BCUT2D eigenvalue weighted by atomic mass is 35.5. The number of aliphatic hydroxyl groups excluding tert-OH is 1. The van der Waals surface area contributed by atoms with Crippen LogP contribution in [0.15, 0.2) is 64.3 Å². The van der Waals surface area contributed by atoms with E-state index in [1.165, 1.54) is 41.5 Å². The molecule has 0 saturated heterocycles. The van der Waals surface area contributed by atoms with Crippen LogP contribution in [0.25, 0.3) is 17.1 Å². The Morgan fingerprint density at radius 2 is 1.90 bits per heavy atom. The second-order valence-electron chi connectivity index (χ2n) is 9.15. The molecule has 42 heavy (non-hydrogen) atoms. The van der Waals surface area contributed by atoms with Gasteiger partial charge in [0, 0.05) is 29.3 Å². The average molecular weight is 603 g/mol. The largest absolute Gasteiger partial charge is 0.416 e. The number of pyridine rings is 1. The zero-order chi connectivity index (χ0) is 30.0. The lowest BCUT2D eigenvalue weighted by Crippen LogP contribution is -2.37. The maximum atomic E-state index is 13.1. The van der Waals surface area contributed by atoms with Gasteiger partial charge in [0.25, 0.3) is 0 Å². The standard InChI is InChI=1S/C26H22ClF3N8O4/c1-2-17-10-19(35-42-17)21(39)11-18-20(4-3-9-31-18)38-14-32-23(33-38)13-37-25(41)36(12-22(40)26(28,29)30)24(34-37)15-5-7-16(27)8-6-15/h3-10,14,22,40H,2,11-13H2,1H3/t22-/m0/s1. The Labute approximate surface area is 240 Å². The van der Waals surface area contributed by atoms with Gasteiger partial charge in [-0.3, -0.25) is 14.3 Å². The number of aromatic nitrogens is 8. The number of Topliss-reactive ketones (excluding diaryl/α,β-unsaturated/α-hetero) is 1. The van der Waals surface area contributed by atoms with Crippen molar-refractivity contribution in [3.05, 3.63) is 93.5 Å². The summed E-state index contributed by atoms with van der Waals surface area (Å²) in [7, 11) is 0. The minimum absolute atomic E-state index is 0.100. The van der Waals surface area contributed by atoms with E-state index >= 15 is 0 Å². The summed E-state index contributed by atoms with van der Waals surface area (Å²) in [6, 6.07) is 10.9. The van der Waals surface area contributed by atoms with Crippen LogP contribution in [0, 0.1) is 0 Å². The highest BCUT2D eigenvalue weighted by Gasteiger charge is 2.39. The lowest BCUT2D eigenvalue weighted by atomic mass is 10.1. The number of benzene rings is 1. The third-order valence-corrected chi connectivity index (χ3v) is 6.48. The van der Waals surface area contributed by atoms with E-state index in [0.717, 1.165) is 9.25 Å². The summed E-state index contributed by atoms with van der Waals surface area (Å²) in [5, 5.41) is 22.4. The lowest BCUT2D eigenvalue weighted by molar-refractivity contribution is -0.207. The van der Waals surface area contributed by atoms with E-state index in [-0.39, 0.29) is 36.1 Å². The summed E-state index contributed by atoms with van der Waals surface area (Å²) in [6.45, 7) is 0.506. The van der Waals surface area contributed by atoms with E-state index in [1.807, 2.05) is 6.92 Å². The van der Waals surface area contributed by atoms with E-state index in [9.17, 15) is 27.9 Å². The molecule has 0 aliphatic carbocycles. The van der Waals surface area contributed by atoms with Crippen molar-refractivity contribution in [2.45, 2.75) is 45.1 Å². The molecule has 0 spiro atoms. The average Bonchev–Trinajstić information content (AvgIpc) is 3.70. The summed E-state index contributed by atoms with van der Waals surface area (Å²) >= 11 is 5.92. The number of aliphatic hydroxyl groups is 1. The molecule has 4 heterocycles. The highest BCUT2D eigenvalue weighted by molar-refractivity contribution is 6.30. The SMILES string of the molecule is CCc1cc(C(=O)Cc2ncccc2-n2cnc(Cn3nc(-c4ccc(Cl)cc4)n(C[C@H](O)C(F)(F)F)c3=O)n2)no1. The van der Waals surface area contributed by atoms with Crippen LogP contribution >= 0.6 is 11.6 Å². The molecular formula is C26H22ClF3N8O4. The number of rotatable bonds is 10. The van der Waals surface area contributed by atoms with Gasteiger partial charge in [-0.15, -0.1) is 10.2 Å². The first-order valence-electron chi connectivity index (χ1n) is 12.6. The fourth-order valence-electron chi connectivity index (χ4n) is 4.05. The predicted molar refractivity (Wildman–Crippen MR) is 141 cm³/mol. The molecule has 0 amide bonds. The molecule has 1 aromatic carbocycles. The number of halogens is 4. The van der Waals surface area contributed by atoms with Crippen LogP contribution in [-0.2, 0) is 25.9 Å². The Balaban J connectivity index is 1.43. The maximum absolute atomic E-state index is 13.1. The second-order valence-corrected chi connectivity index (χ2v) is 9.58. The van der Waals surface area contributed by atoms with Crippen LogP contribution in [0.5, 0.6) is 0 Å². The predicted octanol–water partition coefficient (Wildman–Crippen LogP) is 3.29. The third kappa shape index (κ3) is 6.16. The quantitative estimate of drug-likeness (QED) is 0.238. The van der Waals surface area contributed by atoms with Crippen molar-refractivity contribution in [1.29, 1.82) is 0 Å². The molecule has 0 aliphatic heterocycles. The summed E-state index contributed by atoms with van der Waals surface area (Å²) in [6.07, 6.45) is -4.40. The van der Waals surface area contributed by atoms with Crippen LogP contribution in [0.3, 0.4) is 0 Å². The Hall–Kier alpha value is -4.63. The molecule has 0 bridgehead atoms. The van der Waals surface area contributed by atoms with Crippen LogP contribution in [0.4, 0.5) is 13.2 Å². The lowest BCUT2D eigenvalue weighted by Gasteiger charge is -2.15. The fraction of sp³-hybridized carbons (Fsp3) is 0.269. The molecule has 12 nitrogen and oxygen atoms in total. The molecule has 5 aromatic rings. The molecule has 0 saturated carbocycles. The Bertz CT molecular complexity index is 1770. The first-order chi connectivity index (χ1) is 20.0. The number of hydrogen-bond acceptors (Lipinski definition) is 9. The number of carbonyl (C=O) groups excluding carboxylic acids is 1. The topological polar surface area (TPSA) is 147 Å². The molecular weight excluding hydrogens is 581 g/mol. The van der Waals surface area contributed by atoms with Gasteiger partial charge in [0.2, 0.25) is 0 Å². The highest BCUT2D eigenvalue weighted by Crippen LogP contribution is 2.24. The minimum atomic E-state index is -4.95. The monoisotopic (exact) mass is 602 g/mol. The number of hydrogen-bond donors (Lipinski definition) is 1. The van der Waals surface area contributed by atoms with Gasteiger partial charge in [-0.05, 0) is 36.4 Å².